The lowest BCUT2D eigenvalue weighted by Gasteiger charge is -2.25. The van der Waals surface area contributed by atoms with Gasteiger partial charge in [-0.3, -0.25) is 4.79 Å². The van der Waals surface area contributed by atoms with E-state index in [9.17, 15) is 4.79 Å². The first-order valence-corrected chi connectivity index (χ1v) is 8.31. The molecule has 24 heavy (non-hydrogen) atoms. The minimum absolute atomic E-state index is 0.0475. The average Bonchev–Trinajstić information content (AvgIpc) is 2.97. The summed E-state index contributed by atoms with van der Waals surface area (Å²) in [6.07, 6.45) is 0.722. The van der Waals surface area contributed by atoms with Crippen molar-refractivity contribution in [1.29, 1.82) is 0 Å². The highest BCUT2D eigenvalue weighted by molar-refractivity contribution is 5.94. The molecule has 1 aliphatic rings. The third-order valence-electron chi connectivity index (χ3n) is 4.29. The van der Waals surface area contributed by atoms with Gasteiger partial charge in [0.25, 0.3) is 5.91 Å². The molecule has 5 heteroatoms. The zero-order valence-corrected chi connectivity index (χ0v) is 15.1. The van der Waals surface area contributed by atoms with Gasteiger partial charge in [0.2, 0.25) is 0 Å². The Balaban J connectivity index is 1.77. The summed E-state index contributed by atoms with van der Waals surface area (Å²) < 4.78 is 5.89. The smallest absolute Gasteiger partial charge is 0.254 e. The summed E-state index contributed by atoms with van der Waals surface area (Å²) in [5.74, 6) is 1.72. The Morgan fingerprint density at radius 3 is 2.46 bits per heavy atom. The van der Waals surface area contributed by atoms with E-state index < -0.39 is 0 Å². The Morgan fingerprint density at radius 2 is 1.88 bits per heavy atom. The quantitative estimate of drug-likeness (QED) is 0.850. The topological polar surface area (TPSA) is 49.6 Å². The fourth-order valence-corrected chi connectivity index (χ4v) is 2.78. The van der Waals surface area contributed by atoms with Crippen LogP contribution in [0.25, 0.3) is 0 Å². The maximum absolute atomic E-state index is 12.7. The van der Waals surface area contributed by atoms with Gasteiger partial charge in [-0.15, -0.1) is 0 Å². The molecule has 0 unspecified atom stereocenters. The van der Waals surface area contributed by atoms with Crippen LogP contribution < -0.4 is 4.90 Å². The summed E-state index contributed by atoms with van der Waals surface area (Å²) in [4.78, 5) is 21.2. The second kappa shape index (κ2) is 5.96. The van der Waals surface area contributed by atoms with Gasteiger partial charge in [-0.25, -0.2) is 4.98 Å². The summed E-state index contributed by atoms with van der Waals surface area (Å²) >= 11 is 0. The fraction of sp³-hybridized carbons (Fsp3) is 0.474. The molecule has 2 heterocycles. The van der Waals surface area contributed by atoms with Crippen LogP contribution in [-0.4, -0.2) is 36.4 Å². The van der Waals surface area contributed by atoms with Crippen molar-refractivity contribution < 1.29 is 9.21 Å². The van der Waals surface area contributed by atoms with E-state index in [1.807, 2.05) is 48.2 Å². The molecule has 1 aliphatic heterocycles. The Hall–Kier alpha value is -2.30. The van der Waals surface area contributed by atoms with E-state index in [0.29, 0.717) is 18.7 Å². The van der Waals surface area contributed by atoms with Gasteiger partial charge in [-0.05, 0) is 24.3 Å². The van der Waals surface area contributed by atoms with Crippen LogP contribution in [0, 0.1) is 0 Å². The van der Waals surface area contributed by atoms with Crippen LogP contribution in [0.4, 0.5) is 5.69 Å². The van der Waals surface area contributed by atoms with Gasteiger partial charge < -0.3 is 14.2 Å². The van der Waals surface area contributed by atoms with E-state index in [2.05, 4.69) is 25.8 Å². The average molecular weight is 327 g/mol. The van der Waals surface area contributed by atoms with E-state index in [-0.39, 0.29) is 11.3 Å². The molecular weight excluding hydrogens is 302 g/mol. The number of anilines is 1. The van der Waals surface area contributed by atoms with Gasteiger partial charge >= 0.3 is 0 Å². The van der Waals surface area contributed by atoms with Crippen molar-refractivity contribution in [2.45, 2.75) is 39.2 Å². The Bertz CT molecular complexity index is 739. The van der Waals surface area contributed by atoms with Gasteiger partial charge in [-0.2, -0.15) is 0 Å². The monoisotopic (exact) mass is 327 g/mol. The zero-order valence-electron chi connectivity index (χ0n) is 15.1. The van der Waals surface area contributed by atoms with Crippen LogP contribution in [0.5, 0.6) is 0 Å². The number of nitrogens with zero attached hydrogens (tertiary/aromatic N) is 3. The number of hydrogen-bond donors (Lipinski definition) is 0. The Labute approximate surface area is 143 Å². The fourth-order valence-electron chi connectivity index (χ4n) is 2.78. The molecule has 1 aromatic carbocycles. The van der Waals surface area contributed by atoms with Crippen LogP contribution in [0.2, 0.25) is 0 Å². The third-order valence-corrected chi connectivity index (χ3v) is 4.29. The van der Waals surface area contributed by atoms with Crippen molar-refractivity contribution in [3.05, 3.63) is 47.2 Å². The molecule has 0 fully saturated rings. The largest absolute Gasteiger partial charge is 0.445 e. The highest BCUT2D eigenvalue weighted by atomic mass is 16.4. The molecule has 128 valence electrons. The van der Waals surface area contributed by atoms with Crippen LogP contribution >= 0.6 is 0 Å². The second-order valence-electron chi connectivity index (χ2n) is 7.56. The van der Waals surface area contributed by atoms with Crippen molar-refractivity contribution in [2.24, 2.45) is 0 Å². The number of amides is 1. The number of carbonyl (C=O) groups excluding carboxylic acids is 1. The molecule has 1 aromatic heterocycles. The van der Waals surface area contributed by atoms with Crippen molar-refractivity contribution in [3.8, 4) is 0 Å². The summed E-state index contributed by atoms with van der Waals surface area (Å²) in [7, 11) is 3.97. The van der Waals surface area contributed by atoms with Crippen molar-refractivity contribution >= 4 is 11.6 Å². The molecule has 0 radical (unpaired) electrons. The molecule has 0 atom stereocenters. The standard InChI is InChI=1S/C19H25N3O2/c1-19(2,3)18-20-15-12-22(11-10-16(15)24-18)17(23)13-6-8-14(9-7-13)21(4)5/h6-9H,10-12H2,1-5H3. The minimum Gasteiger partial charge on any atom is -0.445 e. The first kappa shape index (κ1) is 16.6. The van der Waals surface area contributed by atoms with E-state index >= 15 is 0 Å². The van der Waals surface area contributed by atoms with Gasteiger partial charge in [0.05, 0.1) is 6.54 Å². The minimum atomic E-state index is -0.117. The maximum Gasteiger partial charge on any atom is 0.254 e. The molecule has 0 N–H and O–H groups in total. The highest BCUT2D eigenvalue weighted by Crippen LogP contribution is 2.28. The number of hydrogen-bond acceptors (Lipinski definition) is 4. The first-order chi connectivity index (χ1) is 11.3. The van der Waals surface area contributed by atoms with Gasteiger partial charge in [-0.1, -0.05) is 20.8 Å². The Kier molecular flexibility index (Phi) is 4.11. The predicted octanol–water partition coefficient (Wildman–Crippen LogP) is 3.24. The third kappa shape index (κ3) is 3.16. The van der Waals surface area contributed by atoms with E-state index in [0.717, 1.165) is 29.5 Å². The van der Waals surface area contributed by atoms with Gasteiger partial charge in [0.15, 0.2) is 5.89 Å². The molecule has 5 nitrogen and oxygen atoms in total. The second-order valence-corrected chi connectivity index (χ2v) is 7.56. The number of aromatic nitrogens is 1. The summed E-state index contributed by atoms with van der Waals surface area (Å²) in [6, 6.07) is 7.71. The lowest BCUT2D eigenvalue weighted by molar-refractivity contribution is 0.0728. The molecule has 0 spiro atoms. The highest BCUT2D eigenvalue weighted by Gasteiger charge is 2.29. The predicted molar refractivity (Wildman–Crippen MR) is 94.4 cm³/mol. The van der Waals surface area contributed by atoms with Crippen LogP contribution in [0.15, 0.2) is 28.7 Å². The number of rotatable bonds is 2. The van der Waals surface area contributed by atoms with Crippen molar-refractivity contribution in [1.82, 2.24) is 9.88 Å². The lowest BCUT2D eigenvalue weighted by atomic mass is 9.97. The normalized spacial score (nSPS) is 14.5. The van der Waals surface area contributed by atoms with Crippen LogP contribution in [0.3, 0.4) is 0 Å². The lowest BCUT2D eigenvalue weighted by Crippen LogP contribution is -2.35. The van der Waals surface area contributed by atoms with Crippen molar-refractivity contribution in [3.63, 3.8) is 0 Å². The first-order valence-electron chi connectivity index (χ1n) is 8.31. The van der Waals surface area contributed by atoms with Gasteiger partial charge in [0.1, 0.15) is 11.5 Å². The van der Waals surface area contributed by atoms with Crippen LogP contribution in [0.1, 0.15) is 48.5 Å². The van der Waals surface area contributed by atoms with Crippen molar-refractivity contribution in [2.75, 3.05) is 25.5 Å². The summed E-state index contributed by atoms with van der Waals surface area (Å²) in [5.41, 5.74) is 2.57. The number of oxazole rings is 1. The van der Waals surface area contributed by atoms with Gasteiger partial charge in [0, 0.05) is 43.7 Å². The van der Waals surface area contributed by atoms with E-state index in [4.69, 9.17) is 4.42 Å². The maximum atomic E-state index is 12.7. The van der Waals surface area contributed by atoms with Crippen LogP contribution in [-0.2, 0) is 18.4 Å². The SMILES string of the molecule is CN(C)c1ccc(C(=O)N2CCc3oc(C(C)(C)C)nc3C2)cc1. The molecule has 0 bridgehead atoms. The molecule has 2 aromatic rings. The molecule has 0 saturated carbocycles. The number of fused-ring (bicyclic) bond motifs is 1. The molecule has 3 rings (SSSR count). The molecular formula is C19H25N3O2. The summed E-state index contributed by atoms with van der Waals surface area (Å²) in [5, 5.41) is 0. The Morgan fingerprint density at radius 1 is 1.21 bits per heavy atom. The molecule has 0 aliphatic carbocycles. The molecule has 1 amide bonds. The van der Waals surface area contributed by atoms with E-state index in [1.165, 1.54) is 0 Å². The zero-order chi connectivity index (χ0) is 17.5. The number of carbonyl (C=O) groups is 1. The van der Waals surface area contributed by atoms with E-state index in [1.54, 1.807) is 0 Å². The number of benzene rings is 1. The summed E-state index contributed by atoms with van der Waals surface area (Å²) in [6.45, 7) is 7.43. The molecule has 0 saturated heterocycles.